The third-order valence-electron chi connectivity index (χ3n) is 11.2. The largest absolute Gasteiger partial charge is 0.573 e. The van der Waals surface area contributed by atoms with Crippen LogP contribution in [0.1, 0.15) is 35.4 Å². The normalized spacial score (nSPS) is 25.7. The Hall–Kier alpha value is -4.88. The van der Waals surface area contributed by atoms with Gasteiger partial charge >= 0.3 is 12.5 Å². The first-order chi connectivity index (χ1) is 27.3. The lowest BCUT2D eigenvalue weighted by molar-refractivity contribution is -0.274. The molecular formula is C39H25Cl2F6IN4O6. The third-order valence-corrected chi connectivity index (χ3v) is 12.4. The van der Waals surface area contributed by atoms with Gasteiger partial charge in [-0.2, -0.15) is 18.2 Å². The van der Waals surface area contributed by atoms with E-state index in [1.165, 1.54) is 24.3 Å². The maximum atomic E-state index is 15.3. The molecule has 10 nitrogen and oxygen atoms in total. The van der Waals surface area contributed by atoms with E-state index in [4.69, 9.17) is 23.2 Å². The number of pyridine rings is 1. The molecule has 4 aromatic rings. The molecule has 300 valence electrons. The van der Waals surface area contributed by atoms with Crippen molar-refractivity contribution in [1.82, 2.24) is 9.99 Å². The summed E-state index contributed by atoms with van der Waals surface area (Å²) >= 11 is 14.5. The van der Waals surface area contributed by atoms with E-state index in [0.29, 0.717) is 23.0 Å². The molecule has 0 spiro atoms. The van der Waals surface area contributed by atoms with Crippen LogP contribution in [0.25, 0.3) is 0 Å². The highest BCUT2D eigenvalue weighted by molar-refractivity contribution is 14.1. The zero-order valence-corrected chi connectivity index (χ0v) is 32.8. The number of carbonyl (C=O) groups excluding carboxylic acids is 4. The minimum Gasteiger partial charge on any atom is -0.508 e. The number of hydrogen-bond donors (Lipinski definition) is 2. The lowest BCUT2D eigenvalue weighted by Crippen LogP contribution is -2.53. The van der Waals surface area contributed by atoms with Crippen molar-refractivity contribution in [3.8, 4) is 11.5 Å². The summed E-state index contributed by atoms with van der Waals surface area (Å²) in [6, 6.07) is 15.5. The predicted molar refractivity (Wildman–Crippen MR) is 203 cm³/mol. The first-order valence-electron chi connectivity index (χ1n) is 17.4. The van der Waals surface area contributed by atoms with Gasteiger partial charge in [0.15, 0.2) is 5.82 Å². The number of hydrazine groups is 1. The molecule has 2 saturated heterocycles. The Bertz CT molecular complexity index is 2430. The Balaban J connectivity index is 1.33. The predicted octanol–water partition coefficient (Wildman–Crippen LogP) is 8.81. The first kappa shape index (κ1) is 39.9. The highest BCUT2D eigenvalue weighted by Crippen LogP contribution is 2.65. The highest BCUT2D eigenvalue weighted by Gasteiger charge is 2.71. The quantitative estimate of drug-likeness (QED) is 0.0850. The number of benzene rings is 3. The van der Waals surface area contributed by atoms with Crippen molar-refractivity contribution in [2.24, 2.45) is 23.7 Å². The molecule has 2 aliphatic carbocycles. The smallest absolute Gasteiger partial charge is 0.508 e. The molecule has 1 aromatic heterocycles. The molecule has 6 atom stereocenters. The molecule has 4 amide bonds. The Labute approximate surface area is 347 Å². The second-order valence-electron chi connectivity index (χ2n) is 14.2. The fraction of sp³-hybridized carbons (Fsp3) is 0.256. The summed E-state index contributed by atoms with van der Waals surface area (Å²) in [6.07, 6.45) is -8.27. The van der Waals surface area contributed by atoms with Gasteiger partial charge in [0, 0.05) is 26.3 Å². The summed E-state index contributed by atoms with van der Waals surface area (Å²) in [5, 5.41) is 11.6. The summed E-state index contributed by atoms with van der Waals surface area (Å²) < 4.78 is 86.4. The number of nitrogens with one attached hydrogen (secondary N) is 1. The number of anilines is 2. The van der Waals surface area contributed by atoms with Crippen LogP contribution in [0, 0.1) is 27.2 Å². The number of nitrogens with zero attached hydrogens (tertiary/aromatic N) is 3. The summed E-state index contributed by atoms with van der Waals surface area (Å²) in [6.45, 7) is 0. The van der Waals surface area contributed by atoms with E-state index in [1.807, 2.05) is 0 Å². The van der Waals surface area contributed by atoms with Crippen molar-refractivity contribution >= 4 is 80.9 Å². The van der Waals surface area contributed by atoms with Crippen molar-refractivity contribution in [2.45, 2.75) is 36.7 Å². The number of fused-ring (bicyclic) bond motifs is 4. The van der Waals surface area contributed by atoms with Gasteiger partial charge in [0.1, 0.15) is 11.5 Å². The van der Waals surface area contributed by atoms with Crippen molar-refractivity contribution in [3.05, 3.63) is 121 Å². The Kier molecular flexibility index (Phi) is 9.74. The number of allylic oxidation sites excluding steroid dienone is 2. The van der Waals surface area contributed by atoms with Gasteiger partial charge in [0.25, 0.3) is 11.8 Å². The van der Waals surface area contributed by atoms with Crippen LogP contribution in [0.2, 0.25) is 10.0 Å². The number of amides is 4. The SMILES string of the molecule is O=C1C2CC3C(=CCC4C(=O)N(c5ccc(I)cc5)C(=O)C43)C(c3cc(OC(F)(F)F)ccc3O)C2(c2ccc(Cl)cc2)C(=O)N1Nc1ncc(C(F)(F)F)cc1Cl. The lowest BCUT2D eigenvalue weighted by Gasteiger charge is -2.50. The van der Waals surface area contributed by atoms with E-state index in [9.17, 15) is 45.8 Å². The molecule has 0 bridgehead atoms. The van der Waals surface area contributed by atoms with Crippen molar-refractivity contribution in [1.29, 1.82) is 0 Å². The summed E-state index contributed by atoms with van der Waals surface area (Å²) in [7, 11) is 0. The Morgan fingerprint density at radius 3 is 2.21 bits per heavy atom. The number of imide groups is 2. The van der Waals surface area contributed by atoms with Crippen molar-refractivity contribution in [3.63, 3.8) is 0 Å². The zero-order valence-electron chi connectivity index (χ0n) is 29.1. The van der Waals surface area contributed by atoms with Crippen LogP contribution in [-0.4, -0.2) is 45.1 Å². The number of halogens is 9. The van der Waals surface area contributed by atoms with Gasteiger partial charge in [-0.25, -0.2) is 4.98 Å². The van der Waals surface area contributed by atoms with E-state index in [2.05, 4.69) is 37.7 Å². The number of rotatable bonds is 6. The molecule has 19 heteroatoms. The standard InChI is InChI=1S/C39H25Cl2F6IN4O6/c40-19-3-1-17(2-4-19)37-27(34(55)52(36(37)57)50-32-28(41)13-18(16-49-32)38(42,43)44)15-25-23(31(37)26-14-22(9-12-29(26)53)58-39(45,46)47)10-11-24-30(25)35(56)51(33(24)54)21-7-5-20(48)6-8-21/h1-10,12-14,16,24-25,27,30-31,53H,11,15H2,(H,49,50). The number of aromatic hydroxyl groups is 1. The van der Waals surface area contributed by atoms with Crippen LogP contribution < -0.4 is 15.1 Å². The number of hydrogen-bond acceptors (Lipinski definition) is 8. The molecule has 6 unspecified atom stereocenters. The molecule has 2 N–H and O–H groups in total. The van der Waals surface area contributed by atoms with E-state index in [-0.39, 0.29) is 34.6 Å². The first-order valence-corrected chi connectivity index (χ1v) is 19.2. The van der Waals surface area contributed by atoms with Gasteiger partial charge < -0.3 is 9.84 Å². The van der Waals surface area contributed by atoms with Crippen LogP contribution in [0.3, 0.4) is 0 Å². The van der Waals surface area contributed by atoms with E-state index in [1.54, 1.807) is 30.3 Å². The number of phenolic OH excluding ortho intramolecular Hbond substituents is 1. The van der Waals surface area contributed by atoms with Gasteiger partial charge in [-0.1, -0.05) is 47.0 Å². The third kappa shape index (κ3) is 6.45. The molecule has 3 heterocycles. The topological polar surface area (TPSA) is 129 Å². The minimum absolute atomic E-state index is 0.0471. The summed E-state index contributed by atoms with van der Waals surface area (Å²) in [4.78, 5) is 63.4. The van der Waals surface area contributed by atoms with E-state index >= 15 is 4.79 Å². The Morgan fingerprint density at radius 2 is 1.57 bits per heavy atom. The van der Waals surface area contributed by atoms with Crippen LogP contribution >= 0.6 is 45.8 Å². The van der Waals surface area contributed by atoms with Gasteiger partial charge in [-0.15, -0.1) is 13.2 Å². The summed E-state index contributed by atoms with van der Waals surface area (Å²) in [5.41, 5.74) is -0.452. The molecular weight excluding hydrogens is 932 g/mol. The fourth-order valence-corrected chi connectivity index (χ4v) is 9.63. The number of aromatic nitrogens is 1. The Morgan fingerprint density at radius 1 is 0.879 bits per heavy atom. The van der Waals surface area contributed by atoms with Gasteiger partial charge in [0.2, 0.25) is 11.8 Å². The van der Waals surface area contributed by atoms with Crippen LogP contribution in [0.5, 0.6) is 11.5 Å². The lowest BCUT2D eigenvalue weighted by atomic mass is 9.49. The monoisotopic (exact) mass is 956 g/mol. The maximum absolute atomic E-state index is 15.3. The molecule has 58 heavy (non-hydrogen) atoms. The van der Waals surface area contributed by atoms with Gasteiger partial charge in [-0.3, -0.25) is 29.5 Å². The fourth-order valence-electron chi connectivity index (χ4n) is 8.93. The van der Waals surface area contributed by atoms with Gasteiger partial charge in [0.05, 0.1) is 39.4 Å². The molecule has 2 aliphatic heterocycles. The molecule has 3 fully saturated rings. The van der Waals surface area contributed by atoms with Gasteiger partial charge in [-0.05, 0) is 108 Å². The average molecular weight is 957 g/mol. The van der Waals surface area contributed by atoms with Crippen LogP contribution in [0.15, 0.2) is 90.6 Å². The molecule has 1 saturated carbocycles. The summed E-state index contributed by atoms with van der Waals surface area (Å²) in [5.74, 6) is -11.0. The number of phenols is 1. The van der Waals surface area contributed by atoms with Crippen molar-refractivity contribution in [2.75, 3.05) is 10.3 Å². The minimum atomic E-state index is -5.18. The second-order valence-corrected chi connectivity index (χ2v) is 16.3. The molecule has 8 rings (SSSR count). The maximum Gasteiger partial charge on any atom is 0.573 e. The van der Waals surface area contributed by atoms with Crippen molar-refractivity contribution < 1.29 is 55.4 Å². The zero-order chi connectivity index (χ0) is 41.6. The molecule has 3 aromatic carbocycles. The van der Waals surface area contributed by atoms with E-state index < -0.39 is 99.1 Å². The van der Waals surface area contributed by atoms with Crippen LogP contribution in [-0.2, 0) is 30.8 Å². The highest BCUT2D eigenvalue weighted by atomic mass is 127. The van der Waals surface area contributed by atoms with E-state index in [0.717, 1.165) is 26.7 Å². The number of alkyl halides is 6. The number of ether oxygens (including phenoxy) is 1. The second kappa shape index (κ2) is 14.1. The average Bonchev–Trinajstić information content (AvgIpc) is 3.53. The molecule has 0 radical (unpaired) electrons. The molecule has 4 aliphatic rings. The van der Waals surface area contributed by atoms with Crippen LogP contribution in [0.4, 0.5) is 37.8 Å². The number of carbonyl (C=O) groups is 4.